The fourth-order valence-corrected chi connectivity index (χ4v) is 4.52. The number of benzene rings is 1. The molecule has 0 bridgehead atoms. The Morgan fingerprint density at radius 2 is 1.95 bits per heavy atom. The first-order chi connectivity index (χ1) is 9.61. The van der Waals surface area contributed by atoms with Gasteiger partial charge in [-0.05, 0) is 53.7 Å². The Kier molecular flexibility index (Phi) is 6.37. The van der Waals surface area contributed by atoms with Crippen LogP contribution in [0, 0.1) is 5.92 Å². The second-order valence-corrected chi connectivity index (χ2v) is 7.42. The molecule has 0 saturated heterocycles. The quantitative estimate of drug-likeness (QED) is 0.720. The van der Waals surface area contributed by atoms with Crippen molar-refractivity contribution < 1.29 is 4.74 Å². The summed E-state index contributed by atoms with van der Waals surface area (Å²) in [6.07, 6.45) is 6.93. The molecular formula is C16H23Br2NO. The van der Waals surface area contributed by atoms with Crippen molar-refractivity contribution in [2.24, 2.45) is 5.92 Å². The fourth-order valence-electron chi connectivity index (χ4n) is 3.05. The third-order valence-corrected chi connectivity index (χ3v) is 5.31. The maximum Gasteiger partial charge on any atom is 0.137 e. The van der Waals surface area contributed by atoms with Gasteiger partial charge in [0.2, 0.25) is 0 Å². The summed E-state index contributed by atoms with van der Waals surface area (Å²) in [6.45, 7) is 3.16. The highest BCUT2D eigenvalue weighted by molar-refractivity contribution is 9.11. The van der Waals surface area contributed by atoms with Crippen molar-refractivity contribution in [1.29, 1.82) is 0 Å². The van der Waals surface area contributed by atoms with Crippen molar-refractivity contribution in [3.8, 4) is 5.75 Å². The van der Waals surface area contributed by atoms with Crippen LogP contribution >= 0.6 is 31.9 Å². The minimum atomic E-state index is 0.567. The van der Waals surface area contributed by atoms with E-state index in [2.05, 4.69) is 50.2 Å². The lowest BCUT2D eigenvalue weighted by molar-refractivity contribution is 0.279. The molecule has 1 aliphatic carbocycles. The zero-order chi connectivity index (χ0) is 14.5. The molecule has 4 heteroatoms. The highest BCUT2D eigenvalue weighted by atomic mass is 79.9. The molecule has 1 N–H and O–H groups in total. The predicted molar refractivity (Wildman–Crippen MR) is 91.3 cm³/mol. The monoisotopic (exact) mass is 403 g/mol. The largest absolute Gasteiger partial charge is 0.495 e. The first kappa shape index (κ1) is 16.3. The van der Waals surface area contributed by atoms with Gasteiger partial charge in [0.1, 0.15) is 5.75 Å². The molecule has 2 nitrogen and oxygen atoms in total. The topological polar surface area (TPSA) is 21.3 Å². The van der Waals surface area contributed by atoms with Gasteiger partial charge in [0.25, 0.3) is 0 Å². The van der Waals surface area contributed by atoms with Gasteiger partial charge in [-0.2, -0.15) is 0 Å². The highest BCUT2D eigenvalue weighted by Gasteiger charge is 2.20. The van der Waals surface area contributed by atoms with Crippen LogP contribution < -0.4 is 10.1 Å². The number of ether oxygens (including phenoxy) is 1. The van der Waals surface area contributed by atoms with Crippen LogP contribution in [-0.2, 0) is 6.54 Å². The minimum absolute atomic E-state index is 0.567. The van der Waals surface area contributed by atoms with E-state index in [-0.39, 0.29) is 0 Å². The van der Waals surface area contributed by atoms with E-state index in [1.165, 1.54) is 37.7 Å². The molecule has 0 heterocycles. The van der Waals surface area contributed by atoms with Gasteiger partial charge >= 0.3 is 0 Å². The maximum absolute atomic E-state index is 5.50. The third-order valence-electron chi connectivity index (χ3n) is 4.26. The molecule has 1 saturated carbocycles. The van der Waals surface area contributed by atoms with E-state index in [1.54, 1.807) is 7.11 Å². The Balaban J connectivity index is 1.99. The highest BCUT2D eigenvalue weighted by Crippen LogP contribution is 2.33. The molecule has 0 aliphatic heterocycles. The lowest BCUT2D eigenvalue weighted by Crippen LogP contribution is -2.34. The molecular weight excluding hydrogens is 382 g/mol. The maximum atomic E-state index is 5.50. The zero-order valence-electron chi connectivity index (χ0n) is 12.2. The molecule has 112 valence electrons. The summed E-state index contributed by atoms with van der Waals surface area (Å²) in [5, 5.41) is 3.68. The van der Waals surface area contributed by atoms with Crippen molar-refractivity contribution in [2.75, 3.05) is 7.11 Å². The first-order valence-electron chi connectivity index (χ1n) is 7.37. The summed E-state index contributed by atoms with van der Waals surface area (Å²) in [4.78, 5) is 0. The molecule has 1 unspecified atom stereocenters. The van der Waals surface area contributed by atoms with Gasteiger partial charge in [0.05, 0.1) is 11.6 Å². The average Bonchev–Trinajstić information content (AvgIpc) is 2.45. The van der Waals surface area contributed by atoms with E-state index in [0.717, 1.165) is 27.2 Å². The SMILES string of the molecule is COc1c(Br)cc(Br)cc1CNC(C)C1CCCCC1. The number of methoxy groups -OCH3 is 1. The van der Waals surface area contributed by atoms with E-state index in [0.29, 0.717) is 6.04 Å². The van der Waals surface area contributed by atoms with Crippen molar-refractivity contribution in [3.05, 3.63) is 26.6 Å². The summed E-state index contributed by atoms with van der Waals surface area (Å²) in [7, 11) is 1.72. The summed E-state index contributed by atoms with van der Waals surface area (Å²) in [6, 6.07) is 4.72. The molecule has 1 fully saturated rings. The second kappa shape index (κ2) is 7.81. The van der Waals surface area contributed by atoms with Crippen LogP contribution in [0.2, 0.25) is 0 Å². The molecule has 1 aromatic rings. The van der Waals surface area contributed by atoms with Crippen LogP contribution in [0.1, 0.15) is 44.6 Å². The number of hydrogen-bond donors (Lipinski definition) is 1. The van der Waals surface area contributed by atoms with Crippen molar-refractivity contribution in [3.63, 3.8) is 0 Å². The van der Waals surface area contributed by atoms with Crippen LogP contribution in [0.25, 0.3) is 0 Å². The van der Waals surface area contributed by atoms with Gasteiger partial charge in [-0.15, -0.1) is 0 Å². The number of nitrogens with one attached hydrogen (secondary N) is 1. The molecule has 0 amide bonds. The second-order valence-electron chi connectivity index (χ2n) is 5.65. The molecule has 0 spiro atoms. The molecule has 0 radical (unpaired) electrons. The van der Waals surface area contributed by atoms with Crippen molar-refractivity contribution in [1.82, 2.24) is 5.32 Å². The Morgan fingerprint density at radius 1 is 1.25 bits per heavy atom. The van der Waals surface area contributed by atoms with Gasteiger partial charge in [0, 0.05) is 22.6 Å². The average molecular weight is 405 g/mol. The summed E-state index contributed by atoms with van der Waals surface area (Å²) in [5.74, 6) is 1.75. The number of rotatable bonds is 5. The molecule has 20 heavy (non-hydrogen) atoms. The Bertz CT molecular complexity index is 444. The molecule has 1 aliphatic rings. The van der Waals surface area contributed by atoms with Gasteiger partial charge in [-0.1, -0.05) is 35.2 Å². The standard InChI is InChI=1S/C16H23Br2NO/c1-11(12-6-4-3-5-7-12)19-10-13-8-14(17)9-15(18)16(13)20-2/h8-9,11-12,19H,3-7,10H2,1-2H3. The summed E-state index contributed by atoms with van der Waals surface area (Å²) in [5.41, 5.74) is 1.19. The lowest BCUT2D eigenvalue weighted by Gasteiger charge is -2.28. The Morgan fingerprint density at radius 3 is 2.60 bits per heavy atom. The predicted octanol–water partition coefficient (Wildman–Crippen LogP) is 5.28. The first-order valence-corrected chi connectivity index (χ1v) is 8.95. The Labute approximate surface area is 138 Å². The van der Waals surface area contributed by atoms with Crippen LogP contribution in [0.3, 0.4) is 0 Å². The molecule has 1 aromatic carbocycles. The van der Waals surface area contributed by atoms with E-state index >= 15 is 0 Å². The van der Waals surface area contributed by atoms with Crippen LogP contribution in [0.4, 0.5) is 0 Å². The smallest absolute Gasteiger partial charge is 0.137 e. The van der Waals surface area contributed by atoms with Crippen LogP contribution in [0.15, 0.2) is 21.1 Å². The van der Waals surface area contributed by atoms with Crippen molar-refractivity contribution in [2.45, 2.75) is 51.6 Å². The van der Waals surface area contributed by atoms with Gasteiger partial charge in [0.15, 0.2) is 0 Å². The molecule has 0 aromatic heterocycles. The minimum Gasteiger partial charge on any atom is -0.495 e. The Hall–Kier alpha value is -0.0600. The molecule has 2 rings (SSSR count). The normalized spacial score (nSPS) is 18.0. The van der Waals surface area contributed by atoms with Gasteiger partial charge in [-0.25, -0.2) is 0 Å². The molecule has 1 atom stereocenters. The fraction of sp³-hybridized carbons (Fsp3) is 0.625. The van der Waals surface area contributed by atoms with Gasteiger partial charge in [-0.3, -0.25) is 0 Å². The summed E-state index contributed by atoms with van der Waals surface area (Å²) < 4.78 is 7.57. The zero-order valence-corrected chi connectivity index (χ0v) is 15.4. The number of halogens is 2. The summed E-state index contributed by atoms with van der Waals surface area (Å²) >= 11 is 7.11. The van der Waals surface area contributed by atoms with E-state index in [9.17, 15) is 0 Å². The van der Waals surface area contributed by atoms with Crippen molar-refractivity contribution >= 4 is 31.9 Å². The lowest BCUT2D eigenvalue weighted by atomic mass is 9.84. The van der Waals surface area contributed by atoms with E-state index in [4.69, 9.17) is 4.74 Å². The van der Waals surface area contributed by atoms with Crippen LogP contribution in [-0.4, -0.2) is 13.2 Å². The van der Waals surface area contributed by atoms with Crippen LogP contribution in [0.5, 0.6) is 5.75 Å². The third kappa shape index (κ3) is 4.22. The van der Waals surface area contributed by atoms with E-state index < -0.39 is 0 Å². The van der Waals surface area contributed by atoms with E-state index in [1.807, 2.05) is 6.07 Å². The number of hydrogen-bond acceptors (Lipinski definition) is 2. The van der Waals surface area contributed by atoms with Gasteiger partial charge < -0.3 is 10.1 Å².